The van der Waals surface area contributed by atoms with E-state index >= 15 is 0 Å². The molecule has 0 fully saturated rings. The molecule has 6 heteroatoms. The molecule has 5 nitrogen and oxygen atoms in total. The van der Waals surface area contributed by atoms with Gasteiger partial charge in [-0.25, -0.2) is 0 Å². The summed E-state index contributed by atoms with van der Waals surface area (Å²) in [6.07, 6.45) is 0.422. The number of thiophene rings is 1. The Kier molecular flexibility index (Phi) is 7.92. The summed E-state index contributed by atoms with van der Waals surface area (Å²) in [5.74, 6) is 5.58. The van der Waals surface area contributed by atoms with Gasteiger partial charge in [0.05, 0.1) is 30.3 Å². The topological polar surface area (TPSA) is 70.0 Å². The molecule has 0 radical (unpaired) electrons. The zero-order valence-corrected chi connectivity index (χ0v) is 12.3. The number of amides is 1. The molecule has 0 aliphatic rings. The molecule has 0 unspecified atom stereocenters. The standard InChI is InChI=1S/C14H19NO4S/c1-19-9-6-15(5-8-17)14(18)12-10-13(20-11-12)4-2-3-7-16/h10-11,16-17H,3,5-9H2,1H3. The van der Waals surface area contributed by atoms with Gasteiger partial charge in [0.15, 0.2) is 0 Å². The van der Waals surface area contributed by atoms with Crippen molar-refractivity contribution in [1.29, 1.82) is 0 Å². The third-order valence-corrected chi connectivity index (χ3v) is 3.36. The van der Waals surface area contributed by atoms with Gasteiger partial charge in [0, 0.05) is 32.0 Å². The van der Waals surface area contributed by atoms with Crippen molar-refractivity contribution < 1.29 is 19.7 Å². The van der Waals surface area contributed by atoms with Gasteiger partial charge in [-0.1, -0.05) is 11.8 Å². The monoisotopic (exact) mass is 297 g/mol. The van der Waals surface area contributed by atoms with Gasteiger partial charge in [-0.15, -0.1) is 11.3 Å². The molecule has 0 bridgehead atoms. The van der Waals surface area contributed by atoms with Crippen LogP contribution in [-0.2, 0) is 4.74 Å². The van der Waals surface area contributed by atoms with Crippen molar-refractivity contribution in [2.24, 2.45) is 0 Å². The quantitative estimate of drug-likeness (QED) is 0.722. The number of hydrogen-bond donors (Lipinski definition) is 2. The van der Waals surface area contributed by atoms with Crippen molar-refractivity contribution in [2.75, 3.05) is 40.0 Å². The van der Waals surface area contributed by atoms with Crippen molar-refractivity contribution in [3.05, 3.63) is 21.9 Å². The molecule has 0 saturated heterocycles. The average Bonchev–Trinajstić information content (AvgIpc) is 2.92. The van der Waals surface area contributed by atoms with Crippen LogP contribution in [0.3, 0.4) is 0 Å². The third kappa shape index (κ3) is 5.31. The summed E-state index contributed by atoms with van der Waals surface area (Å²) in [5, 5.41) is 19.4. The molecule has 0 aliphatic carbocycles. The number of methoxy groups -OCH3 is 1. The summed E-state index contributed by atoms with van der Waals surface area (Å²) in [7, 11) is 1.57. The highest BCUT2D eigenvalue weighted by Crippen LogP contribution is 2.15. The summed E-state index contributed by atoms with van der Waals surface area (Å²) < 4.78 is 4.96. The fourth-order valence-corrected chi connectivity index (χ4v) is 2.29. The van der Waals surface area contributed by atoms with Gasteiger partial charge in [0.25, 0.3) is 5.91 Å². The molecule has 110 valence electrons. The van der Waals surface area contributed by atoms with Crippen LogP contribution < -0.4 is 0 Å². The number of carbonyl (C=O) groups excluding carboxylic acids is 1. The minimum absolute atomic E-state index is 0.0332. The number of ether oxygens (including phenoxy) is 1. The average molecular weight is 297 g/mol. The SMILES string of the molecule is COCCN(CCO)C(=O)c1csc(C#CCCO)c1. The lowest BCUT2D eigenvalue weighted by molar-refractivity contribution is 0.0657. The number of aliphatic hydroxyl groups is 2. The summed E-state index contributed by atoms with van der Waals surface area (Å²) in [4.78, 5) is 14.6. The predicted molar refractivity (Wildman–Crippen MR) is 77.8 cm³/mol. The smallest absolute Gasteiger partial charge is 0.254 e. The number of rotatable bonds is 7. The van der Waals surface area contributed by atoms with Crippen LogP contribution in [0.25, 0.3) is 0 Å². The Hall–Kier alpha value is -1.39. The molecule has 0 aromatic carbocycles. The lowest BCUT2D eigenvalue weighted by Gasteiger charge is -2.20. The Morgan fingerprint density at radius 3 is 2.85 bits per heavy atom. The number of hydrogen-bond acceptors (Lipinski definition) is 5. The van der Waals surface area contributed by atoms with Crippen LogP contribution in [0.5, 0.6) is 0 Å². The second-order valence-electron chi connectivity index (χ2n) is 3.98. The fraction of sp³-hybridized carbons (Fsp3) is 0.500. The summed E-state index contributed by atoms with van der Waals surface area (Å²) in [6, 6.07) is 1.73. The third-order valence-electron chi connectivity index (χ3n) is 2.52. The van der Waals surface area contributed by atoms with Gasteiger partial charge in [0.1, 0.15) is 0 Å². The first-order valence-corrected chi connectivity index (χ1v) is 7.18. The van der Waals surface area contributed by atoms with Crippen molar-refractivity contribution >= 4 is 17.2 Å². The Morgan fingerprint density at radius 1 is 1.40 bits per heavy atom. The molecule has 1 rings (SSSR count). The van der Waals surface area contributed by atoms with Gasteiger partial charge in [-0.05, 0) is 6.07 Å². The zero-order valence-electron chi connectivity index (χ0n) is 11.5. The summed E-state index contributed by atoms with van der Waals surface area (Å²) >= 11 is 1.39. The maximum absolute atomic E-state index is 12.3. The van der Waals surface area contributed by atoms with E-state index in [0.717, 1.165) is 4.88 Å². The van der Waals surface area contributed by atoms with E-state index in [2.05, 4.69) is 11.8 Å². The van der Waals surface area contributed by atoms with E-state index in [1.165, 1.54) is 11.3 Å². The molecule has 1 heterocycles. The predicted octanol–water partition coefficient (Wildman–Crippen LogP) is 0.563. The summed E-state index contributed by atoms with van der Waals surface area (Å²) in [6.45, 7) is 1.11. The highest BCUT2D eigenvalue weighted by atomic mass is 32.1. The van der Waals surface area contributed by atoms with Crippen LogP contribution in [0.2, 0.25) is 0 Å². The van der Waals surface area contributed by atoms with E-state index in [1.54, 1.807) is 23.5 Å². The zero-order chi connectivity index (χ0) is 14.8. The van der Waals surface area contributed by atoms with E-state index in [0.29, 0.717) is 25.1 Å². The van der Waals surface area contributed by atoms with Gasteiger partial charge >= 0.3 is 0 Å². The molecule has 2 N–H and O–H groups in total. The maximum Gasteiger partial charge on any atom is 0.254 e. The second-order valence-corrected chi connectivity index (χ2v) is 4.89. The highest BCUT2D eigenvalue weighted by molar-refractivity contribution is 7.10. The largest absolute Gasteiger partial charge is 0.395 e. The van der Waals surface area contributed by atoms with Crippen LogP contribution in [0.15, 0.2) is 11.4 Å². The van der Waals surface area contributed by atoms with Crippen molar-refractivity contribution in [2.45, 2.75) is 6.42 Å². The Morgan fingerprint density at radius 2 is 2.20 bits per heavy atom. The van der Waals surface area contributed by atoms with E-state index in [4.69, 9.17) is 14.9 Å². The summed E-state index contributed by atoms with van der Waals surface area (Å²) in [5.41, 5.74) is 0.563. The van der Waals surface area contributed by atoms with Crippen LogP contribution in [0.1, 0.15) is 21.7 Å². The fourth-order valence-electron chi connectivity index (χ4n) is 1.54. The first-order chi connectivity index (χ1) is 9.72. The lowest BCUT2D eigenvalue weighted by atomic mass is 10.2. The van der Waals surface area contributed by atoms with Gasteiger partial charge in [-0.3, -0.25) is 4.79 Å². The molecule has 0 aliphatic heterocycles. The molecule has 0 saturated carbocycles. The molecular formula is C14H19NO4S. The highest BCUT2D eigenvalue weighted by Gasteiger charge is 2.16. The first kappa shape index (κ1) is 16.7. The molecule has 1 amide bonds. The van der Waals surface area contributed by atoms with Crippen LogP contribution in [0.4, 0.5) is 0 Å². The van der Waals surface area contributed by atoms with Crippen molar-refractivity contribution in [3.63, 3.8) is 0 Å². The Balaban J connectivity index is 2.72. The van der Waals surface area contributed by atoms with E-state index in [9.17, 15) is 4.79 Å². The number of carbonyl (C=O) groups is 1. The number of aliphatic hydroxyl groups excluding tert-OH is 2. The van der Waals surface area contributed by atoms with E-state index < -0.39 is 0 Å². The Labute approximate surface area is 122 Å². The number of nitrogens with zero attached hydrogens (tertiary/aromatic N) is 1. The molecule has 1 aromatic rings. The van der Waals surface area contributed by atoms with Gasteiger partial charge in [-0.2, -0.15) is 0 Å². The molecule has 1 aromatic heterocycles. The van der Waals surface area contributed by atoms with E-state index in [-0.39, 0.29) is 25.7 Å². The molecule has 0 atom stereocenters. The van der Waals surface area contributed by atoms with Gasteiger partial charge in [0.2, 0.25) is 0 Å². The van der Waals surface area contributed by atoms with Crippen LogP contribution in [0, 0.1) is 11.8 Å². The maximum atomic E-state index is 12.3. The first-order valence-electron chi connectivity index (χ1n) is 6.30. The minimum atomic E-state index is -0.137. The minimum Gasteiger partial charge on any atom is -0.395 e. The lowest BCUT2D eigenvalue weighted by Crippen LogP contribution is -2.35. The second kappa shape index (κ2) is 9.50. The van der Waals surface area contributed by atoms with Crippen molar-refractivity contribution in [3.8, 4) is 11.8 Å². The van der Waals surface area contributed by atoms with Crippen LogP contribution >= 0.6 is 11.3 Å². The van der Waals surface area contributed by atoms with E-state index in [1.807, 2.05) is 0 Å². The molecule has 0 spiro atoms. The molecular weight excluding hydrogens is 278 g/mol. The molecule has 20 heavy (non-hydrogen) atoms. The Bertz CT molecular complexity index is 475. The van der Waals surface area contributed by atoms with Gasteiger partial charge < -0.3 is 19.8 Å². The normalized spacial score (nSPS) is 9.95. The van der Waals surface area contributed by atoms with Crippen LogP contribution in [-0.4, -0.2) is 61.0 Å². The van der Waals surface area contributed by atoms with Crippen molar-refractivity contribution in [1.82, 2.24) is 4.90 Å².